The van der Waals surface area contributed by atoms with E-state index in [9.17, 15) is 14.0 Å². The number of anilines is 1. The Morgan fingerprint density at radius 1 is 1.12 bits per heavy atom. The summed E-state index contributed by atoms with van der Waals surface area (Å²) < 4.78 is 14.1. The van der Waals surface area contributed by atoms with Crippen LogP contribution in [0.4, 0.5) is 10.1 Å². The molecule has 2 aromatic carbocycles. The summed E-state index contributed by atoms with van der Waals surface area (Å²) in [6.45, 7) is 10.5. The van der Waals surface area contributed by atoms with Gasteiger partial charge in [-0.2, -0.15) is 0 Å². The van der Waals surface area contributed by atoms with Crippen LogP contribution in [0.3, 0.4) is 0 Å². The third-order valence-electron chi connectivity index (χ3n) is 5.72. The molecular weight excluding hydrogens is 425 g/mol. The maximum absolute atomic E-state index is 14.1. The van der Waals surface area contributed by atoms with Gasteiger partial charge >= 0.3 is 0 Å². The van der Waals surface area contributed by atoms with Gasteiger partial charge in [-0.1, -0.05) is 18.2 Å². The summed E-state index contributed by atoms with van der Waals surface area (Å²) in [4.78, 5) is 28.8. The lowest BCUT2D eigenvalue weighted by Crippen LogP contribution is -2.47. The van der Waals surface area contributed by atoms with E-state index in [2.05, 4.69) is 46.3 Å². The van der Waals surface area contributed by atoms with E-state index in [4.69, 9.17) is 0 Å². The molecule has 32 heavy (non-hydrogen) atoms. The summed E-state index contributed by atoms with van der Waals surface area (Å²) >= 11 is 1.15. The molecule has 0 aromatic heterocycles. The van der Waals surface area contributed by atoms with Crippen molar-refractivity contribution in [2.75, 3.05) is 43.4 Å². The predicted octanol–water partition coefficient (Wildman–Crippen LogP) is 4.15. The molecule has 1 saturated heterocycles. The molecule has 0 spiro atoms. The van der Waals surface area contributed by atoms with Crippen LogP contribution in [0.1, 0.15) is 36.2 Å². The van der Waals surface area contributed by atoms with E-state index in [1.54, 1.807) is 12.1 Å². The number of benzene rings is 2. The van der Waals surface area contributed by atoms with Gasteiger partial charge < -0.3 is 10.2 Å². The minimum Gasteiger partial charge on any atom is -0.369 e. The molecule has 5 nitrogen and oxygen atoms in total. The number of amides is 1. The van der Waals surface area contributed by atoms with Gasteiger partial charge in [0.1, 0.15) is 5.82 Å². The third-order valence-corrected chi connectivity index (χ3v) is 6.77. The molecule has 0 radical (unpaired) electrons. The zero-order valence-corrected chi connectivity index (χ0v) is 19.9. The fourth-order valence-electron chi connectivity index (χ4n) is 3.80. The fraction of sp³-hybridized carbons (Fsp3) is 0.440. The van der Waals surface area contributed by atoms with Crippen molar-refractivity contribution in [1.29, 1.82) is 0 Å². The van der Waals surface area contributed by atoms with Gasteiger partial charge in [-0.05, 0) is 57.0 Å². The molecule has 1 aliphatic heterocycles. The molecular formula is C25H32FN3O2S. The molecule has 172 valence electrons. The number of nitrogens with zero attached hydrogens (tertiary/aromatic N) is 2. The van der Waals surface area contributed by atoms with E-state index in [1.807, 2.05) is 6.92 Å². The van der Waals surface area contributed by atoms with E-state index in [0.29, 0.717) is 10.5 Å². The quantitative estimate of drug-likeness (QED) is 0.453. The van der Waals surface area contributed by atoms with Crippen molar-refractivity contribution < 1.29 is 14.0 Å². The lowest BCUT2D eigenvalue weighted by atomic mass is 10.1. The number of nitrogens with one attached hydrogen (secondary N) is 1. The van der Waals surface area contributed by atoms with Crippen LogP contribution in [0.2, 0.25) is 0 Å². The highest BCUT2D eigenvalue weighted by Gasteiger charge is 2.18. The molecule has 1 atom stereocenters. The molecule has 0 aliphatic carbocycles. The lowest BCUT2D eigenvalue weighted by Gasteiger charge is -2.36. The molecule has 3 rings (SSSR count). The van der Waals surface area contributed by atoms with Crippen LogP contribution in [-0.4, -0.2) is 61.1 Å². The van der Waals surface area contributed by atoms with Crippen LogP contribution in [0.15, 0.2) is 47.4 Å². The van der Waals surface area contributed by atoms with E-state index in [-0.39, 0.29) is 23.5 Å². The highest BCUT2D eigenvalue weighted by molar-refractivity contribution is 8.00. The summed E-state index contributed by atoms with van der Waals surface area (Å²) in [6, 6.07) is 13.1. The number of Topliss-reactive ketones (excluding diaryl/α,β-unsaturated/α-hetero) is 1. The summed E-state index contributed by atoms with van der Waals surface area (Å²) in [5, 5.41) is 3.01. The number of carbonyl (C=O) groups excluding carboxylic acids is 2. The van der Waals surface area contributed by atoms with Gasteiger partial charge in [-0.15, -0.1) is 11.8 Å². The first-order valence-electron chi connectivity index (χ1n) is 11.1. The number of hydrogen-bond donors (Lipinski definition) is 1. The van der Waals surface area contributed by atoms with Crippen LogP contribution < -0.4 is 10.2 Å². The number of hydrogen-bond acceptors (Lipinski definition) is 5. The smallest absolute Gasteiger partial charge is 0.230 e. The summed E-state index contributed by atoms with van der Waals surface area (Å²) in [7, 11) is 0. The van der Waals surface area contributed by atoms with Gasteiger partial charge in [0.15, 0.2) is 5.78 Å². The molecule has 1 heterocycles. The first kappa shape index (κ1) is 24.3. The summed E-state index contributed by atoms with van der Waals surface area (Å²) in [5.74, 6) is -0.602. The molecule has 1 aliphatic rings. The fourth-order valence-corrected chi connectivity index (χ4v) is 4.53. The zero-order chi connectivity index (χ0) is 23.1. The van der Waals surface area contributed by atoms with Gasteiger partial charge in [-0.3, -0.25) is 14.5 Å². The number of aryl methyl sites for hydroxylation is 1. The van der Waals surface area contributed by atoms with Crippen molar-refractivity contribution in [3.05, 3.63) is 59.4 Å². The minimum absolute atomic E-state index is 0.0582. The van der Waals surface area contributed by atoms with Crippen LogP contribution in [0.25, 0.3) is 0 Å². The van der Waals surface area contributed by atoms with Crippen molar-refractivity contribution in [3.63, 3.8) is 0 Å². The standard InChI is InChI=1S/C25H32FN3O2S/c1-18-5-4-6-22(15-18)29-13-11-28(12-14-29)10-9-19(2)27-25(31)17-32-24-8-7-21(20(3)30)16-23(24)26/h4-8,15-16,19H,9-14,17H2,1-3H3,(H,27,31). The average Bonchev–Trinajstić information content (AvgIpc) is 2.77. The van der Waals surface area contributed by atoms with E-state index < -0.39 is 5.82 Å². The van der Waals surface area contributed by atoms with E-state index in [1.165, 1.54) is 24.2 Å². The number of piperazine rings is 1. The monoisotopic (exact) mass is 457 g/mol. The largest absolute Gasteiger partial charge is 0.369 e. The Hall–Kier alpha value is -2.38. The minimum atomic E-state index is -0.464. The lowest BCUT2D eigenvalue weighted by molar-refractivity contribution is -0.119. The highest BCUT2D eigenvalue weighted by Crippen LogP contribution is 2.23. The Labute approximate surface area is 194 Å². The first-order chi connectivity index (χ1) is 15.3. The van der Waals surface area contributed by atoms with Crippen LogP contribution >= 0.6 is 11.8 Å². The van der Waals surface area contributed by atoms with E-state index >= 15 is 0 Å². The topological polar surface area (TPSA) is 52.7 Å². The van der Waals surface area contributed by atoms with Crippen LogP contribution in [0.5, 0.6) is 0 Å². The van der Waals surface area contributed by atoms with Gasteiger partial charge in [0.05, 0.1) is 5.75 Å². The zero-order valence-electron chi connectivity index (χ0n) is 19.1. The van der Waals surface area contributed by atoms with Crippen molar-refractivity contribution in [2.24, 2.45) is 0 Å². The number of ketones is 1. The van der Waals surface area contributed by atoms with Crippen molar-refractivity contribution in [1.82, 2.24) is 10.2 Å². The van der Waals surface area contributed by atoms with Gasteiger partial charge in [0.2, 0.25) is 5.91 Å². The molecule has 7 heteroatoms. The predicted molar refractivity (Wildman–Crippen MR) is 129 cm³/mol. The van der Waals surface area contributed by atoms with Crippen molar-refractivity contribution in [2.45, 2.75) is 38.1 Å². The SMILES string of the molecule is CC(=O)c1ccc(SCC(=O)NC(C)CCN2CCN(c3cccc(C)c3)CC2)c(F)c1. The Bertz CT molecular complexity index is 945. The number of carbonyl (C=O) groups is 2. The highest BCUT2D eigenvalue weighted by atomic mass is 32.2. The van der Waals surface area contributed by atoms with E-state index in [0.717, 1.165) is 50.9 Å². The van der Waals surface area contributed by atoms with Crippen molar-refractivity contribution in [3.8, 4) is 0 Å². The normalized spacial score (nSPS) is 15.4. The Kier molecular flexibility index (Phi) is 8.70. The van der Waals surface area contributed by atoms with Crippen LogP contribution in [-0.2, 0) is 4.79 Å². The second-order valence-corrected chi connectivity index (χ2v) is 9.43. The Balaban J connectivity index is 1.35. The molecule has 1 amide bonds. The molecule has 2 aromatic rings. The number of halogens is 1. The van der Waals surface area contributed by atoms with Crippen LogP contribution in [0, 0.1) is 12.7 Å². The molecule has 1 fully saturated rings. The first-order valence-corrected chi connectivity index (χ1v) is 12.1. The Morgan fingerprint density at radius 2 is 1.88 bits per heavy atom. The Morgan fingerprint density at radius 3 is 2.53 bits per heavy atom. The van der Waals surface area contributed by atoms with Crippen molar-refractivity contribution >= 4 is 29.1 Å². The molecule has 0 bridgehead atoms. The maximum atomic E-state index is 14.1. The molecule has 1 N–H and O–H groups in total. The molecule has 1 unspecified atom stereocenters. The molecule has 0 saturated carbocycles. The maximum Gasteiger partial charge on any atom is 0.230 e. The number of rotatable bonds is 9. The summed E-state index contributed by atoms with van der Waals surface area (Å²) in [5.41, 5.74) is 2.91. The second-order valence-electron chi connectivity index (χ2n) is 8.41. The average molecular weight is 458 g/mol. The number of thioether (sulfide) groups is 1. The van der Waals surface area contributed by atoms with Gasteiger partial charge in [0.25, 0.3) is 0 Å². The third kappa shape index (κ3) is 7.07. The van der Waals surface area contributed by atoms with Gasteiger partial charge in [0, 0.05) is 54.9 Å². The second kappa shape index (κ2) is 11.5. The summed E-state index contributed by atoms with van der Waals surface area (Å²) in [6.07, 6.45) is 0.878. The van der Waals surface area contributed by atoms with Gasteiger partial charge in [-0.25, -0.2) is 4.39 Å².